The summed E-state index contributed by atoms with van der Waals surface area (Å²) in [5.41, 5.74) is -0.899. The van der Waals surface area contributed by atoms with Gasteiger partial charge in [-0.2, -0.15) is 0 Å². The number of Topliss-reactive ketones (excluding diaryl/α,β-unsaturated/α-hetero) is 1. The number of aromatic nitrogens is 1. The maximum atomic E-state index is 12.4. The van der Waals surface area contributed by atoms with E-state index < -0.39 is 28.6 Å². The van der Waals surface area contributed by atoms with Crippen LogP contribution in [0.15, 0.2) is 35.1 Å². The van der Waals surface area contributed by atoms with Gasteiger partial charge in [0.25, 0.3) is 11.5 Å². The van der Waals surface area contributed by atoms with Crippen molar-refractivity contribution in [1.82, 2.24) is 4.57 Å². The Hall–Kier alpha value is -2.89. The van der Waals surface area contributed by atoms with Gasteiger partial charge in [-0.15, -0.1) is 0 Å². The lowest BCUT2D eigenvalue weighted by molar-refractivity contribution is 0.0952. The molecule has 2 N–H and O–H groups in total. The predicted octanol–water partition coefficient (Wildman–Crippen LogP) is 1.46. The average molecular weight is 287 g/mol. The fraction of sp³-hybridized carbons (Fsp3) is 0.133. The van der Waals surface area contributed by atoms with E-state index in [2.05, 4.69) is 0 Å². The average Bonchev–Trinajstić information content (AvgIpc) is 2.38. The minimum atomic E-state index is -0.863. The molecule has 0 saturated heterocycles. The molecule has 0 aliphatic heterocycles. The normalized spacial score (nSPS) is 10.4. The topological polar surface area (TPSA) is 96.6 Å². The number of rotatable bonds is 2. The van der Waals surface area contributed by atoms with Gasteiger partial charge in [-0.05, 0) is 38.1 Å². The first-order valence-electron chi connectivity index (χ1n) is 6.13. The van der Waals surface area contributed by atoms with Crippen LogP contribution in [0.5, 0.6) is 11.5 Å². The number of pyridine rings is 1. The third-order valence-electron chi connectivity index (χ3n) is 3.04. The predicted molar refractivity (Wildman–Crippen MR) is 74.9 cm³/mol. The molecule has 2 rings (SSSR count). The number of ketones is 1. The minimum Gasteiger partial charge on any atom is -0.508 e. The second-order valence-electron chi connectivity index (χ2n) is 4.59. The maximum absolute atomic E-state index is 12.4. The molecule has 6 heteroatoms. The van der Waals surface area contributed by atoms with Crippen LogP contribution < -0.4 is 5.56 Å². The number of aromatic hydroxyl groups is 2. The molecule has 0 atom stereocenters. The molecule has 0 radical (unpaired) electrons. The van der Waals surface area contributed by atoms with Gasteiger partial charge in [-0.25, -0.2) is 4.57 Å². The summed E-state index contributed by atoms with van der Waals surface area (Å²) in [5, 5.41) is 18.9. The lowest BCUT2D eigenvalue weighted by Gasteiger charge is -2.11. The molecular weight excluding hydrogens is 274 g/mol. The first-order chi connectivity index (χ1) is 9.82. The summed E-state index contributed by atoms with van der Waals surface area (Å²) in [5.74, 6) is -1.71. The largest absolute Gasteiger partial charge is 0.508 e. The Kier molecular flexibility index (Phi) is 3.62. The van der Waals surface area contributed by atoms with Gasteiger partial charge in [0.1, 0.15) is 17.1 Å². The number of benzene rings is 1. The van der Waals surface area contributed by atoms with E-state index >= 15 is 0 Å². The Morgan fingerprint density at radius 3 is 2.19 bits per heavy atom. The van der Waals surface area contributed by atoms with Gasteiger partial charge in [-0.3, -0.25) is 14.4 Å². The van der Waals surface area contributed by atoms with E-state index in [0.717, 1.165) is 11.5 Å². The molecule has 0 aliphatic rings. The molecule has 0 aliphatic carbocycles. The second-order valence-corrected chi connectivity index (χ2v) is 4.59. The van der Waals surface area contributed by atoms with E-state index in [4.69, 9.17) is 0 Å². The summed E-state index contributed by atoms with van der Waals surface area (Å²) in [6.07, 6.45) is 0. The third kappa shape index (κ3) is 2.55. The van der Waals surface area contributed by atoms with Crippen molar-refractivity contribution >= 4 is 11.7 Å². The highest BCUT2D eigenvalue weighted by molar-refractivity contribution is 6.00. The summed E-state index contributed by atoms with van der Waals surface area (Å²) in [7, 11) is 0. The van der Waals surface area contributed by atoms with Crippen LogP contribution in [0.1, 0.15) is 33.3 Å². The number of aryl methyl sites for hydroxylation is 1. The Bertz CT molecular complexity index is 787. The first-order valence-corrected chi connectivity index (χ1v) is 6.13. The summed E-state index contributed by atoms with van der Waals surface area (Å²) in [6, 6.07) is 6.56. The molecule has 0 unspecified atom stereocenters. The molecule has 0 saturated carbocycles. The molecule has 1 aromatic carbocycles. The first kappa shape index (κ1) is 14.5. The Morgan fingerprint density at radius 1 is 1.10 bits per heavy atom. The van der Waals surface area contributed by atoms with Crippen molar-refractivity contribution in [2.24, 2.45) is 0 Å². The van der Waals surface area contributed by atoms with Gasteiger partial charge in [0.05, 0.1) is 0 Å². The SMILES string of the molecule is CC(=O)c1c(O)cc(C)n(C(=O)c2ccc(O)cc2)c1=O. The number of phenolic OH excluding ortho intramolecular Hbond substituents is 1. The van der Waals surface area contributed by atoms with E-state index in [-0.39, 0.29) is 17.0 Å². The van der Waals surface area contributed by atoms with Gasteiger partial charge in [0, 0.05) is 17.3 Å². The van der Waals surface area contributed by atoms with Crippen molar-refractivity contribution in [2.75, 3.05) is 0 Å². The van der Waals surface area contributed by atoms with Gasteiger partial charge in [0.2, 0.25) is 0 Å². The van der Waals surface area contributed by atoms with Crippen molar-refractivity contribution in [2.45, 2.75) is 13.8 Å². The third-order valence-corrected chi connectivity index (χ3v) is 3.04. The number of carbonyl (C=O) groups excluding carboxylic acids is 2. The summed E-state index contributed by atoms with van der Waals surface area (Å²) < 4.78 is 0.822. The van der Waals surface area contributed by atoms with Crippen LogP contribution in [-0.4, -0.2) is 26.5 Å². The van der Waals surface area contributed by atoms with Crippen molar-refractivity contribution < 1.29 is 19.8 Å². The van der Waals surface area contributed by atoms with Crippen molar-refractivity contribution in [3.8, 4) is 11.5 Å². The van der Waals surface area contributed by atoms with Crippen LogP contribution in [0.25, 0.3) is 0 Å². The quantitative estimate of drug-likeness (QED) is 0.815. The molecule has 0 fully saturated rings. The number of hydrogen-bond acceptors (Lipinski definition) is 5. The standard InChI is InChI=1S/C15H13NO5/c1-8-7-12(19)13(9(2)17)15(21)16(8)14(20)10-3-5-11(18)6-4-10/h3-7,18-19H,1-2H3. The van der Waals surface area contributed by atoms with Gasteiger partial charge >= 0.3 is 0 Å². The van der Waals surface area contributed by atoms with Crippen LogP contribution in [0.2, 0.25) is 0 Å². The lowest BCUT2D eigenvalue weighted by atomic mass is 10.1. The minimum absolute atomic E-state index is 0.00856. The second kappa shape index (κ2) is 5.24. The van der Waals surface area contributed by atoms with Crippen molar-refractivity contribution in [3.05, 3.63) is 57.5 Å². The van der Waals surface area contributed by atoms with Crippen LogP contribution in [-0.2, 0) is 0 Å². The molecule has 6 nitrogen and oxygen atoms in total. The molecule has 2 aromatic rings. The zero-order chi connectivity index (χ0) is 15.7. The Labute approximate surface area is 119 Å². The van der Waals surface area contributed by atoms with E-state index in [1.165, 1.54) is 37.3 Å². The number of hydrogen-bond donors (Lipinski definition) is 2. The Morgan fingerprint density at radius 2 is 1.67 bits per heavy atom. The number of nitrogens with zero attached hydrogens (tertiary/aromatic N) is 1. The number of phenols is 1. The highest BCUT2D eigenvalue weighted by Crippen LogP contribution is 2.17. The van der Waals surface area contributed by atoms with Gasteiger partial charge in [-0.1, -0.05) is 0 Å². The zero-order valence-corrected chi connectivity index (χ0v) is 11.5. The number of carbonyl (C=O) groups is 2. The Balaban J connectivity index is 2.66. The van der Waals surface area contributed by atoms with E-state index in [1.54, 1.807) is 0 Å². The zero-order valence-electron chi connectivity index (χ0n) is 11.5. The molecular formula is C15H13NO5. The molecule has 1 heterocycles. The van der Waals surface area contributed by atoms with Gasteiger partial charge < -0.3 is 10.2 Å². The highest BCUT2D eigenvalue weighted by atomic mass is 16.3. The van der Waals surface area contributed by atoms with Gasteiger partial charge in [0.15, 0.2) is 5.78 Å². The summed E-state index contributed by atoms with van der Waals surface area (Å²) in [6.45, 7) is 2.62. The monoisotopic (exact) mass is 287 g/mol. The van der Waals surface area contributed by atoms with E-state index in [0.29, 0.717) is 0 Å². The fourth-order valence-electron chi connectivity index (χ4n) is 2.03. The lowest BCUT2D eigenvalue weighted by Crippen LogP contribution is -2.32. The molecule has 21 heavy (non-hydrogen) atoms. The molecule has 0 bridgehead atoms. The summed E-state index contributed by atoms with van der Waals surface area (Å²) >= 11 is 0. The molecule has 108 valence electrons. The molecule has 1 aromatic heterocycles. The van der Waals surface area contributed by atoms with Crippen LogP contribution in [0.3, 0.4) is 0 Å². The van der Waals surface area contributed by atoms with Crippen LogP contribution >= 0.6 is 0 Å². The van der Waals surface area contributed by atoms with Crippen molar-refractivity contribution in [1.29, 1.82) is 0 Å². The fourth-order valence-corrected chi connectivity index (χ4v) is 2.03. The highest BCUT2D eigenvalue weighted by Gasteiger charge is 2.20. The smallest absolute Gasteiger partial charge is 0.272 e. The summed E-state index contributed by atoms with van der Waals surface area (Å²) in [4.78, 5) is 36.1. The maximum Gasteiger partial charge on any atom is 0.272 e. The van der Waals surface area contributed by atoms with E-state index in [1.807, 2.05) is 0 Å². The molecule has 0 spiro atoms. The van der Waals surface area contributed by atoms with E-state index in [9.17, 15) is 24.6 Å². The molecule has 0 amide bonds. The van der Waals surface area contributed by atoms with Crippen molar-refractivity contribution in [3.63, 3.8) is 0 Å². The van der Waals surface area contributed by atoms with Crippen LogP contribution in [0.4, 0.5) is 0 Å². The van der Waals surface area contributed by atoms with Crippen LogP contribution in [0, 0.1) is 6.92 Å².